The lowest BCUT2D eigenvalue weighted by atomic mass is 9.87. The summed E-state index contributed by atoms with van der Waals surface area (Å²) in [6.07, 6.45) is 9.54. The molecule has 98 valence electrons. The van der Waals surface area contributed by atoms with Crippen LogP contribution in [-0.2, 0) is 4.79 Å². The fourth-order valence-corrected chi connectivity index (χ4v) is 2.96. The minimum atomic E-state index is 0.0665. The summed E-state index contributed by atoms with van der Waals surface area (Å²) in [6, 6.07) is 0.501. The van der Waals surface area contributed by atoms with Gasteiger partial charge in [-0.3, -0.25) is 4.79 Å². The van der Waals surface area contributed by atoms with Crippen LogP contribution in [0.5, 0.6) is 0 Å². The molecule has 0 radical (unpaired) electrons. The molecule has 1 unspecified atom stereocenters. The highest BCUT2D eigenvalue weighted by Crippen LogP contribution is 2.23. The van der Waals surface area contributed by atoms with E-state index in [-0.39, 0.29) is 11.9 Å². The molecule has 3 heteroatoms. The van der Waals surface area contributed by atoms with Crippen LogP contribution in [0.3, 0.4) is 0 Å². The lowest BCUT2D eigenvalue weighted by Gasteiger charge is -2.28. The molecule has 3 nitrogen and oxygen atoms in total. The summed E-state index contributed by atoms with van der Waals surface area (Å²) in [5.41, 5.74) is 0. The van der Waals surface area contributed by atoms with Crippen LogP contribution in [-0.4, -0.2) is 24.5 Å². The molecule has 1 atom stereocenters. The van der Waals surface area contributed by atoms with E-state index in [0.29, 0.717) is 6.04 Å². The van der Waals surface area contributed by atoms with E-state index in [4.69, 9.17) is 0 Å². The molecule has 0 aromatic rings. The normalized spacial score (nSPS) is 35.0. The van der Waals surface area contributed by atoms with E-state index >= 15 is 0 Å². The zero-order valence-corrected chi connectivity index (χ0v) is 11.0. The van der Waals surface area contributed by atoms with Crippen molar-refractivity contribution in [3.05, 3.63) is 0 Å². The molecule has 1 heterocycles. The van der Waals surface area contributed by atoms with Crippen molar-refractivity contribution in [1.82, 2.24) is 10.6 Å². The minimum Gasteiger partial charge on any atom is -0.352 e. The molecule has 0 bridgehead atoms. The Morgan fingerprint density at radius 1 is 1.06 bits per heavy atom. The minimum absolute atomic E-state index is 0.0665. The van der Waals surface area contributed by atoms with Gasteiger partial charge in [-0.15, -0.1) is 0 Å². The van der Waals surface area contributed by atoms with Crippen LogP contribution in [0.1, 0.15) is 58.3 Å². The second-order valence-corrected chi connectivity index (χ2v) is 5.82. The number of hydrogen-bond acceptors (Lipinski definition) is 2. The van der Waals surface area contributed by atoms with E-state index in [9.17, 15) is 4.79 Å². The monoisotopic (exact) mass is 238 g/mol. The summed E-state index contributed by atoms with van der Waals surface area (Å²) in [4.78, 5) is 12.1. The fraction of sp³-hybridized carbons (Fsp3) is 0.929. The third kappa shape index (κ3) is 3.98. The summed E-state index contributed by atoms with van der Waals surface area (Å²) in [5.74, 6) is 1.09. The molecule has 1 aliphatic carbocycles. The topological polar surface area (TPSA) is 41.1 Å². The maximum absolute atomic E-state index is 12.1. The van der Waals surface area contributed by atoms with E-state index < -0.39 is 0 Å². The van der Waals surface area contributed by atoms with Crippen molar-refractivity contribution in [1.29, 1.82) is 0 Å². The van der Waals surface area contributed by atoms with Crippen molar-refractivity contribution >= 4 is 5.91 Å². The highest BCUT2D eigenvalue weighted by Gasteiger charge is 2.24. The lowest BCUT2D eigenvalue weighted by molar-refractivity contribution is -0.124. The molecule has 2 fully saturated rings. The van der Waals surface area contributed by atoms with Crippen LogP contribution in [0, 0.1) is 5.92 Å². The Morgan fingerprint density at radius 3 is 2.59 bits per heavy atom. The van der Waals surface area contributed by atoms with Crippen molar-refractivity contribution in [2.75, 3.05) is 6.54 Å². The summed E-state index contributed by atoms with van der Waals surface area (Å²) in [6.45, 7) is 3.31. The van der Waals surface area contributed by atoms with Gasteiger partial charge >= 0.3 is 0 Å². The Hall–Kier alpha value is -0.570. The van der Waals surface area contributed by atoms with Crippen molar-refractivity contribution in [2.45, 2.75) is 70.4 Å². The first-order valence-corrected chi connectivity index (χ1v) is 7.29. The van der Waals surface area contributed by atoms with Crippen LogP contribution in [0.15, 0.2) is 0 Å². The van der Waals surface area contributed by atoms with E-state index in [1.807, 2.05) is 0 Å². The zero-order chi connectivity index (χ0) is 12.1. The van der Waals surface area contributed by atoms with Crippen LogP contribution >= 0.6 is 0 Å². The quantitative estimate of drug-likeness (QED) is 0.774. The third-order valence-corrected chi connectivity index (χ3v) is 4.24. The number of nitrogens with one attached hydrogen (secondary N) is 2. The van der Waals surface area contributed by atoms with Gasteiger partial charge in [0.25, 0.3) is 0 Å². The van der Waals surface area contributed by atoms with Gasteiger partial charge in [-0.1, -0.05) is 19.8 Å². The largest absolute Gasteiger partial charge is 0.352 e. The van der Waals surface area contributed by atoms with Gasteiger partial charge in [0.1, 0.15) is 0 Å². The summed E-state index contributed by atoms with van der Waals surface area (Å²) in [5, 5.41) is 6.60. The molecule has 0 spiro atoms. The first-order chi connectivity index (χ1) is 8.25. The second kappa shape index (κ2) is 6.39. The van der Waals surface area contributed by atoms with Gasteiger partial charge in [-0.2, -0.15) is 0 Å². The Kier molecular flexibility index (Phi) is 4.84. The Morgan fingerprint density at radius 2 is 1.82 bits per heavy atom. The van der Waals surface area contributed by atoms with Crippen molar-refractivity contribution in [2.24, 2.45) is 5.92 Å². The smallest absolute Gasteiger partial charge is 0.237 e. The molecule has 0 aromatic carbocycles. The zero-order valence-electron chi connectivity index (χ0n) is 11.0. The van der Waals surface area contributed by atoms with Crippen molar-refractivity contribution in [3.8, 4) is 0 Å². The van der Waals surface area contributed by atoms with Gasteiger partial charge in [-0.05, 0) is 51.0 Å². The van der Waals surface area contributed by atoms with E-state index in [1.165, 1.54) is 44.9 Å². The average Bonchev–Trinajstić information content (AvgIpc) is 2.61. The number of rotatable bonds is 2. The molecule has 17 heavy (non-hydrogen) atoms. The molecule has 1 amide bonds. The maximum Gasteiger partial charge on any atom is 0.237 e. The van der Waals surface area contributed by atoms with Crippen LogP contribution < -0.4 is 10.6 Å². The van der Waals surface area contributed by atoms with Gasteiger partial charge in [0.2, 0.25) is 5.91 Å². The maximum atomic E-state index is 12.1. The van der Waals surface area contributed by atoms with Crippen LogP contribution in [0.2, 0.25) is 0 Å². The van der Waals surface area contributed by atoms with Gasteiger partial charge in [0, 0.05) is 6.04 Å². The Bertz CT molecular complexity index is 239. The number of amides is 1. The number of hydrogen-bond donors (Lipinski definition) is 2. The molecule has 1 aliphatic heterocycles. The number of carbonyl (C=O) groups is 1. The van der Waals surface area contributed by atoms with Crippen molar-refractivity contribution < 1.29 is 4.79 Å². The Labute approximate surface area is 105 Å². The fourth-order valence-electron chi connectivity index (χ4n) is 2.96. The van der Waals surface area contributed by atoms with Crippen LogP contribution in [0.25, 0.3) is 0 Å². The highest BCUT2D eigenvalue weighted by atomic mass is 16.2. The first kappa shape index (κ1) is 12.9. The van der Waals surface area contributed by atoms with E-state index in [1.54, 1.807) is 0 Å². The Balaban J connectivity index is 1.75. The van der Waals surface area contributed by atoms with E-state index in [2.05, 4.69) is 17.6 Å². The van der Waals surface area contributed by atoms with Crippen LogP contribution in [0.4, 0.5) is 0 Å². The van der Waals surface area contributed by atoms with Crippen molar-refractivity contribution in [3.63, 3.8) is 0 Å². The molecule has 0 aromatic heterocycles. The predicted molar refractivity (Wildman–Crippen MR) is 69.8 cm³/mol. The second-order valence-electron chi connectivity index (χ2n) is 5.82. The molecule has 1 saturated heterocycles. The summed E-state index contributed by atoms with van der Waals surface area (Å²) >= 11 is 0. The lowest BCUT2D eigenvalue weighted by Crippen LogP contribution is -2.48. The van der Waals surface area contributed by atoms with E-state index in [0.717, 1.165) is 18.9 Å². The molecular formula is C14H26N2O. The number of carbonyl (C=O) groups excluding carboxylic acids is 1. The highest BCUT2D eigenvalue weighted by molar-refractivity contribution is 5.82. The predicted octanol–water partition coefficient (Wildman–Crippen LogP) is 2.21. The molecule has 1 saturated carbocycles. The van der Waals surface area contributed by atoms with Gasteiger partial charge in [0.15, 0.2) is 0 Å². The van der Waals surface area contributed by atoms with Gasteiger partial charge < -0.3 is 10.6 Å². The molecular weight excluding hydrogens is 212 g/mol. The van der Waals surface area contributed by atoms with Gasteiger partial charge in [0.05, 0.1) is 6.04 Å². The third-order valence-electron chi connectivity index (χ3n) is 4.24. The van der Waals surface area contributed by atoms with Gasteiger partial charge in [-0.25, -0.2) is 0 Å². The SMILES string of the molecule is CC1CCC(NC(=O)C2CCCCCN2)CC1. The standard InChI is InChI=1S/C14H26N2O/c1-11-6-8-12(9-7-11)16-14(17)13-5-3-2-4-10-15-13/h11-13,15H,2-10H2,1H3,(H,16,17). The average molecular weight is 238 g/mol. The molecule has 2 rings (SSSR count). The summed E-state index contributed by atoms with van der Waals surface area (Å²) < 4.78 is 0. The first-order valence-electron chi connectivity index (χ1n) is 7.29. The molecule has 2 aliphatic rings. The summed E-state index contributed by atoms with van der Waals surface area (Å²) in [7, 11) is 0. The molecule has 2 N–H and O–H groups in total.